The van der Waals surface area contributed by atoms with Crippen molar-refractivity contribution in [2.24, 2.45) is 5.92 Å². The average molecular weight is 291 g/mol. The fraction of sp³-hybridized carbons (Fsp3) is 0.846. The van der Waals surface area contributed by atoms with Crippen molar-refractivity contribution in [2.75, 3.05) is 32.6 Å². The van der Waals surface area contributed by atoms with Gasteiger partial charge in [-0.05, 0) is 26.7 Å². The zero-order valence-electron chi connectivity index (χ0n) is 12.1. The number of alkyl halides is 1. The molecule has 1 rings (SSSR count). The number of hydrogen-bond donors (Lipinski definition) is 0. The first-order valence-corrected chi connectivity index (χ1v) is 7.04. The number of carbonyl (C=O) groups excluding carboxylic acids is 2. The van der Waals surface area contributed by atoms with Gasteiger partial charge in [-0.2, -0.15) is 0 Å². The predicted octanol–water partition coefficient (Wildman–Crippen LogP) is 1.94. The molecule has 1 saturated heterocycles. The fourth-order valence-corrected chi connectivity index (χ4v) is 2.08. The van der Waals surface area contributed by atoms with Crippen LogP contribution in [0.2, 0.25) is 0 Å². The van der Waals surface area contributed by atoms with E-state index in [9.17, 15) is 9.59 Å². The number of amides is 2. The first-order chi connectivity index (χ1) is 8.73. The summed E-state index contributed by atoms with van der Waals surface area (Å²) >= 11 is 5.76. The van der Waals surface area contributed by atoms with Crippen LogP contribution in [0.3, 0.4) is 0 Å². The van der Waals surface area contributed by atoms with E-state index in [1.54, 1.807) is 11.9 Å². The van der Waals surface area contributed by atoms with Gasteiger partial charge in [0.1, 0.15) is 5.60 Å². The van der Waals surface area contributed by atoms with Gasteiger partial charge in [-0.15, -0.1) is 11.6 Å². The van der Waals surface area contributed by atoms with Crippen molar-refractivity contribution in [2.45, 2.75) is 32.8 Å². The van der Waals surface area contributed by atoms with E-state index in [1.165, 1.54) is 4.90 Å². The Morgan fingerprint density at radius 3 is 2.63 bits per heavy atom. The Hall–Kier alpha value is -0.970. The van der Waals surface area contributed by atoms with Crippen LogP contribution < -0.4 is 0 Å². The van der Waals surface area contributed by atoms with Gasteiger partial charge in [0.15, 0.2) is 0 Å². The van der Waals surface area contributed by atoms with Crippen LogP contribution in [0, 0.1) is 5.92 Å². The molecule has 1 fully saturated rings. The van der Waals surface area contributed by atoms with Crippen LogP contribution in [0.5, 0.6) is 0 Å². The van der Waals surface area contributed by atoms with Crippen molar-refractivity contribution in [1.82, 2.24) is 9.80 Å². The van der Waals surface area contributed by atoms with Gasteiger partial charge < -0.3 is 14.5 Å². The second kappa shape index (κ2) is 6.46. The van der Waals surface area contributed by atoms with E-state index < -0.39 is 5.60 Å². The largest absolute Gasteiger partial charge is 0.444 e. The summed E-state index contributed by atoms with van der Waals surface area (Å²) in [5, 5.41) is 0. The van der Waals surface area contributed by atoms with Gasteiger partial charge in [0, 0.05) is 39.0 Å². The van der Waals surface area contributed by atoms with Crippen LogP contribution in [-0.4, -0.2) is 60.0 Å². The van der Waals surface area contributed by atoms with Gasteiger partial charge in [-0.3, -0.25) is 4.79 Å². The SMILES string of the molecule is CN(CCN1CC(CCl)CC1=O)C(=O)OC(C)(C)C. The molecule has 1 heterocycles. The van der Waals surface area contributed by atoms with E-state index in [0.717, 1.165) is 0 Å². The van der Waals surface area contributed by atoms with Crippen molar-refractivity contribution in [3.05, 3.63) is 0 Å². The van der Waals surface area contributed by atoms with Crippen LogP contribution >= 0.6 is 11.6 Å². The zero-order chi connectivity index (χ0) is 14.6. The van der Waals surface area contributed by atoms with E-state index in [4.69, 9.17) is 16.3 Å². The van der Waals surface area contributed by atoms with Crippen molar-refractivity contribution in [1.29, 1.82) is 0 Å². The number of likely N-dealkylation sites (N-methyl/N-ethyl adjacent to an activating group) is 1. The first-order valence-electron chi connectivity index (χ1n) is 6.51. The molecule has 0 saturated carbocycles. The molecule has 1 aliphatic rings. The summed E-state index contributed by atoms with van der Waals surface area (Å²) in [6.07, 6.45) is 0.146. The van der Waals surface area contributed by atoms with E-state index in [-0.39, 0.29) is 17.9 Å². The van der Waals surface area contributed by atoms with Gasteiger partial charge in [0.05, 0.1) is 0 Å². The number of hydrogen-bond acceptors (Lipinski definition) is 3. The fourth-order valence-electron chi connectivity index (χ4n) is 1.88. The monoisotopic (exact) mass is 290 g/mol. The van der Waals surface area contributed by atoms with Crippen LogP contribution in [0.15, 0.2) is 0 Å². The molecule has 0 aromatic rings. The topological polar surface area (TPSA) is 49.9 Å². The molecule has 6 heteroatoms. The zero-order valence-corrected chi connectivity index (χ0v) is 12.9. The molecule has 5 nitrogen and oxygen atoms in total. The van der Waals surface area contributed by atoms with Gasteiger partial charge in [-0.1, -0.05) is 0 Å². The molecule has 1 aliphatic heterocycles. The van der Waals surface area contributed by atoms with Crippen LogP contribution in [-0.2, 0) is 9.53 Å². The molecule has 0 aliphatic carbocycles. The summed E-state index contributed by atoms with van der Waals surface area (Å²) in [7, 11) is 1.67. The summed E-state index contributed by atoms with van der Waals surface area (Å²) in [5.74, 6) is 0.855. The molecular formula is C13H23ClN2O3. The molecule has 0 N–H and O–H groups in total. The minimum Gasteiger partial charge on any atom is -0.444 e. The molecule has 110 valence electrons. The standard InChI is InChI=1S/C13H23ClN2O3/c1-13(2,3)19-12(18)15(4)5-6-16-9-10(8-14)7-11(16)17/h10H,5-9H2,1-4H3. The molecule has 0 radical (unpaired) electrons. The van der Waals surface area contributed by atoms with Crippen LogP contribution in [0.4, 0.5) is 4.79 Å². The summed E-state index contributed by atoms with van der Waals surface area (Å²) in [4.78, 5) is 26.7. The van der Waals surface area contributed by atoms with E-state index in [0.29, 0.717) is 31.9 Å². The summed E-state index contributed by atoms with van der Waals surface area (Å²) in [5.41, 5.74) is -0.501. The maximum Gasteiger partial charge on any atom is 0.410 e. The van der Waals surface area contributed by atoms with E-state index in [1.807, 2.05) is 20.8 Å². The van der Waals surface area contributed by atoms with Crippen LogP contribution in [0.25, 0.3) is 0 Å². The van der Waals surface area contributed by atoms with Gasteiger partial charge in [0.25, 0.3) is 0 Å². The van der Waals surface area contributed by atoms with Gasteiger partial charge >= 0.3 is 6.09 Å². The van der Waals surface area contributed by atoms with Gasteiger partial charge in [-0.25, -0.2) is 4.79 Å². The van der Waals surface area contributed by atoms with Crippen LogP contribution in [0.1, 0.15) is 27.2 Å². The van der Waals surface area contributed by atoms with E-state index >= 15 is 0 Å². The summed E-state index contributed by atoms with van der Waals surface area (Å²) < 4.78 is 5.25. The Morgan fingerprint density at radius 1 is 1.53 bits per heavy atom. The molecule has 0 aromatic heterocycles. The molecule has 0 spiro atoms. The van der Waals surface area contributed by atoms with Crippen molar-refractivity contribution in [3.8, 4) is 0 Å². The summed E-state index contributed by atoms with van der Waals surface area (Å²) in [6, 6.07) is 0. The second-order valence-corrected chi connectivity index (χ2v) is 6.27. The molecule has 0 aromatic carbocycles. The quantitative estimate of drug-likeness (QED) is 0.744. The van der Waals surface area contributed by atoms with Crippen molar-refractivity contribution >= 4 is 23.6 Å². The Morgan fingerprint density at radius 2 is 2.16 bits per heavy atom. The number of ether oxygens (including phenoxy) is 1. The molecular weight excluding hydrogens is 268 g/mol. The maximum absolute atomic E-state index is 11.7. The first kappa shape index (κ1) is 16.1. The number of halogens is 1. The number of likely N-dealkylation sites (tertiary alicyclic amines) is 1. The lowest BCUT2D eigenvalue weighted by Gasteiger charge is -2.26. The lowest BCUT2D eigenvalue weighted by molar-refractivity contribution is -0.127. The lowest BCUT2D eigenvalue weighted by Crippen LogP contribution is -2.39. The molecule has 19 heavy (non-hydrogen) atoms. The predicted molar refractivity (Wildman–Crippen MR) is 74.3 cm³/mol. The number of nitrogens with zero attached hydrogens (tertiary/aromatic N) is 2. The van der Waals surface area contributed by atoms with E-state index in [2.05, 4.69) is 0 Å². The third kappa shape index (κ3) is 5.27. The highest BCUT2D eigenvalue weighted by atomic mass is 35.5. The maximum atomic E-state index is 11.7. The smallest absolute Gasteiger partial charge is 0.410 e. The highest BCUT2D eigenvalue weighted by molar-refractivity contribution is 6.18. The average Bonchev–Trinajstić information content (AvgIpc) is 2.64. The Labute approximate surface area is 119 Å². The third-order valence-corrected chi connectivity index (χ3v) is 3.36. The van der Waals surface area contributed by atoms with Crippen molar-refractivity contribution in [3.63, 3.8) is 0 Å². The van der Waals surface area contributed by atoms with Crippen molar-refractivity contribution < 1.29 is 14.3 Å². The number of rotatable bonds is 4. The Bertz CT molecular complexity index is 341. The molecule has 0 bridgehead atoms. The molecule has 2 amide bonds. The highest BCUT2D eigenvalue weighted by Gasteiger charge is 2.29. The van der Waals surface area contributed by atoms with Gasteiger partial charge in [0.2, 0.25) is 5.91 Å². The lowest BCUT2D eigenvalue weighted by atomic mass is 10.1. The minimum atomic E-state index is -0.501. The number of carbonyl (C=O) groups is 2. The normalized spacial score (nSPS) is 19.7. The highest BCUT2D eigenvalue weighted by Crippen LogP contribution is 2.18. The summed E-state index contributed by atoms with van der Waals surface area (Å²) in [6.45, 7) is 7.16. The Kier molecular flexibility index (Phi) is 5.47. The third-order valence-electron chi connectivity index (χ3n) is 2.92. The molecule has 1 atom stereocenters. The second-order valence-electron chi connectivity index (χ2n) is 5.97. The Balaban J connectivity index is 2.36. The molecule has 1 unspecified atom stereocenters. The minimum absolute atomic E-state index is 0.114.